The van der Waals surface area contributed by atoms with Crippen LogP contribution in [-0.2, 0) is 36.7 Å². The largest absolute Gasteiger partial charge is 0.512 e. The first-order valence-electron chi connectivity index (χ1n) is 16.0. The first-order valence-corrected chi connectivity index (χ1v) is 16.0. The summed E-state index contributed by atoms with van der Waals surface area (Å²) in [5, 5.41) is 13.5. The van der Waals surface area contributed by atoms with Crippen molar-refractivity contribution in [2.75, 3.05) is 0 Å². The number of hydrogen-bond donors (Lipinski definition) is 1. The van der Waals surface area contributed by atoms with Crippen LogP contribution in [0.3, 0.4) is 0 Å². The molecular formula is C39H49IrN2O2-. The number of benzene rings is 2. The van der Waals surface area contributed by atoms with E-state index in [1.807, 2.05) is 40.0 Å². The fourth-order valence-electron chi connectivity index (χ4n) is 6.60. The molecule has 0 saturated carbocycles. The van der Waals surface area contributed by atoms with Gasteiger partial charge in [0.1, 0.15) is 0 Å². The van der Waals surface area contributed by atoms with Gasteiger partial charge in [-0.25, -0.2) is 0 Å². The normalized spacial score (nSPS) is 13.8. The standard InChI is InChI=1S/C26H25N2.C13H24O2.Ir/c1-25(2,3)14-16-12-17-10-11-27-24-19-15-28-21-9-7-6-8-18(21)23(19)26(4,5)20(13-16)22(17)24;1-5-10(6-2)12(14)9-13(15)11(7-3)8-4;/h6-13H,14H2,1-5H3;9-11,14H,5-8H2,1-4H3;/q-1;;/b;12-9-;. The number of hydrogen-bond acceptors (Lipinski definition) is 4. The maximum absolute atomic E-state index is 11.7. The molecule has 44 heavy (non-hydrogen) atoms. The third kappa shape index (κ3) is 7.32. The molecule has 5 heteroatoms. The van der Waals surface area contributed by atoms with Crippen LogP contribution in [-0.4, -0.2) is 20.9 Å². The molecule has 1 aliphatic rings. The van der Waals surface area contributed by atoms with Crippen molar-refractivity contribution in [1.29, 1.82) is 0 Å². The van der Waals surface area contributed by atoms with Crippen LogP contribution < -0.4 is 0 Å². The fraction of sp³-hybridized carbons (Fsp3) is 0.462. The summed E-state index contributed by atoms with van der Waals surface area (Å²) >= 11 is 0. The summed E-state index contributed by atoms with van der Waals surface area (Å²) in [6.07, 6.45) is 11.2. The van der Waals surface area contributed by atoms with E-state index < -0.39 is 0 Å². The Balaban J connectivity index is 0.000000286. The zero-order valence-electron chi connectivity index (χ0n) is 28.0. The molecule has 0 atom stereocenters. The van der Waals surface area contributed by atoms with Crippen LogP contribution >= 0.6 is 0 Å². The predicted molar refractivity (Wildman–Crippen MR) is 180 cm³/mol. The van der Waals surface area contributed by atoms with E-state index in [1.54, 1.807) is 0 Å². The molecule has 237 valence electrons. The van der Waals surface area contributed by atoms with E-state index in [9.17, 15) is 9.90 Å². The summed E-state index contributed by atoms with van der Waals surface area (Å²) in [5.41, 5.74) is 7.21. The van der Waals surface area contributed by atoms with Crippen LogP contribution in [0.1, 0.15) is 105 Å². The van der Waals surface area contributed by atoms with Gasteiger partial charge in [0, 0.05) is 44.2 Å². The van der Waals surface area contributed by atoms with Gasteiger partial charge in [-0.15, -0.1) is 11.1 Å². The molecule has 2 heterocycles. The number of carbonyl (C=O) groups is 1. The van der Waals surface area contributed by atoms with Gasteiger partial charge in [-0.3, -0.25) is 4.79 Å². The van der Waals surface area contributed by atoms with Gasteiger partial charge in [0.2, 0.25) is 0 Å². The number of para-hydroxylation sites is 1. The van der Waals surface area contributed by atoms with Crippen molar-refractivity contribution in [3.05, 3.63) is 83.4 Å². The number of pyridine rings is 2. The fourth-order valence-corrected chi connectivity index (χ4v) is 6.60. The van der Waals surface area contributed by atoms with E-state index >= 15 is 0 Å². The molecule has 0 saturated heterocycles. The molecule has 5 rings (SSSR count). The van der Waals surface area contributed by atoms with Gasteiger partial charge in [0.15, 0.2) is 5.78 Å². The van der Waals surface area contributed by atoms with E-state index in [2.05, 4.69) is 82.2 Å². The third-order valence-electron chi connectivity index (χ3n) is 8.99. The zero-order valence-corrected chi connectivity index (χ0v) is 30.4. The topological polar surface area (TPSA) is 63.1 Å². The molecule has 1 N–H and O–H groups in total. The first-order chi connectivity index (χ1) is 20.4. The molecule has 4 nitrogen and oxygen atoms in total. The number of fused-ring (bicyclic) bond motifs is 4. The quantitative estimate of drug-likeness (QED) is 0.110. The Morgan fingerprint density at radius 3 is 2.23 bits per heavy atom. The Bertz CT molecular complexity index is 1640. The molecule has 0 fully saturated rings. The molecule has 0 spiro atoms. The summed E-state index contributed by atoms with van der Waals surface area (Å²) in [4.78, 5) is 21.1. The van der Waals surface area contributed by atoms with Gasteiger partial charge in [-0.05, 0) is 88.3 Å². The summed E-state index contributed by atoms with van der Waals surface area (Å²) in [7, 11) is 0. The van der Waals surface area contributed by atoms with E-state index in [0.717, 1.165) is 48.9 Å². The smallest absolute Gasteiger partial charge is 0.162 e. The second-order valence-electron chi connectivity index (χ2n) is 13.8. The van der Waals surface area contributed by atoms with E-state index in [-0.39, 0.29) is 54.3 Å². The van der Waals surface area contributed by atoms with Crippen molar-refractivity contribution in [1.82, 2.24) is 9.97 Å². The van der Waals surface area contributed by atoms with Gasteiger partial charge in [0.25, 0.3) is 0 Å². The minimum Gasteiger partial charge on any atom is -0.512 e. The van der Waals surface area contributed by atoms with Crippen molar-refractivity contribution in [2.24, 2.45) is 17.3 Å². The molecule has 0 amide bonds. The van der Waals surface area contributed by atoms with Crippen molar-refractivity contribution in [3.8, 4) is 11.3 Å². The molecule has 0 bridgehead atoms. The van der Waals surface area contributed by atoms with Crippen molar-refractivity contribution >= 4 is 27.5 Å². The summed E-state index contributed by atoms with van der Waals surface area (Å²) < 4.78 is 0. The summed E-state index contributed by atoms with van der Waals surface area (Å²) in [6, 6.07) is 15.3. The van der Waals surface area contributed by atoms with E-state index in [0.29, 0.717) is 0 Å². The van der Waals surface area contributed by atoms with Gasteiger partial charge >= 0.3 is 0 Å². The first kappa shape index (κ1) is 35.6. The van der Waals surface area contributed by atoms with Crippen molar-refractivity contribution in [2.45, 2.75) is 99.8 Å². The van der Waals surface area contributed by atoms with Crippen LogP contribution in [0.5, 0.6) is 0 Å². The van der Waals surface area contributed by atoms with E-state index in [1.165, 1.54) is 38.9 Å². The second kappa shape index (κ2) is 14.5. The molecule has 0 aliphatic heterocycles. The second-order valence-corrected chi connectivity index (χ2v) is 13.8. The number of aliphatic hydroxyl groups excluding tert-OH is 1. The number of carbonyl (C=O) groups excluding carboxylic acids is 1. The zero-order chi connectivity index (χ0) is 31.5. The SMILES string of the molecule is CC(C)(C)Cc1cc2c3c(nccc3c1)-c1[c-]nc3ccccc3c1C2(C)C.CCC(CC)C(=O)/C=C(\O)C(CC)CC.[Ir]. The maximum atomic E-state index is 11.7. The van der Waals surface area contributed by atoms with Crippen LogP contribution in [0.15, 0.2) is 60.5 Å². The molecule has 1 radical (unpaired) electrons. The van der Waals surface area contributed by atoms with Crippen LogP contribution in [0.2, 0.25) is 0 Å². The Kier molecular flexibility index (Phi) is 11.7. The van der Waals surface area contributed by atoms with Crippen molar-refractivity contribution in [3.63, 3.8) is 0 Å². The van der Waals surface area contributed by atoms with Gasteiger partial charge < -0.3 is 15.1 Å². The number of aliphatic hydroxyl groups is 1. The monoisotopic (exact) mass is 770 g/mol. The van der Waals surface area contributed by atoms with Crippen molar-refractivity contribution < 1.29 is 30.0 Å². The molecule has 4 aromatic rings. The number of ketones is 1. The molecule has 2 aromatic heterocycles. The molecule has 1 aliphatic carbocycles. The Hall–Kier alpha value is -2.88. The number of rotatable bonds is 8. The third-order valence-corrected chi connectivity index (χ3v) is 8.99. The molecule has 2 aromatic carbocycles. The summed E-state index contributed by atoms with van der Waals surface area (Å²) in [6.45, 7) is 19.6. The Morgan fingerprint density at radius 2 is 1.61 bits per heavy atom. The average molecular weight is 770 g/mol. The minimum atomic E-state index is -0.142. The van der Waals surface area contributed by atoms with Crippen LogP contribution in [0.25, 0.3) is 32.9 Å². The predicted octanol–water partition coefficient (Wildman–Crippen LogP) is 10.3. The van der Waals surface area contributed by atoms with Gasteiger partial charge in [-0.1, -0.05) is 104 Å². The number of aromatic nitrogens is 2. The average Bonchev–Trinajstić information content (AvgIpc) is 2.96. The van der Waals surface area contributed by atoms with Crippen LogP contribution in [0, 0.1) is 23.4 Å². The Labute approximate surface area is 278 Å². The van der Waals surface area contributed by atoms with Gasteiger partial charge in [-0.2, -0.15) is 0 Å². The molecular weight excluding hydrogens is 721 g/mol. The number of nitrogens with zero attached hydrogens (tertiary/aromatic N) is 2. The minimum absolute atomic E-state index is 0. The molecule has 0 unspecified atom stereocenters. The number of allylic oxidation sites excluding steroid dienone is 2. The van der Waals surface area contributed by atoms with Crippen LogP contribution in [0.4, 0.5) is 0 Å². The van der Waals surface area contributed by atoms with E-state index in [4.69, 9.17) is 4.98 Å². The maximum Gasteiger partial charge on any atom is 0.162 e. The van der Waals surface area contributed by atoms with Gasteiger partial charge in [0.05, 0.1) is 5.76 Å². The Morgan fingerprint density at radius 1 is 0.977 bits per heavy atom. The summed E-state index contributed by atoms with van der Waals surface area (Å²) in [5.74, 6) is 0.547.